The Hall–Kier alpha value is -4.06. The number of carboxylic acid groups (broad SMARTS) is 2. The van der Waals surface area contributed by atoms with E-state index < -0.39 is 16.9 Å². The number of nitro benzene ring substituents is 1. The molecule has 12 nitrogen and oxygen atoms in total. The summed E-state index contributed by atoms with van der Waals surface area (Å²) >= 11 is 0. The molecule has 2 aromatic rings. The van der Waals surface area contributed by atoms with Crippen LogP contribution < -0.4 is 24.3 Å². The van der Waals surface area contributed by atoms with Gasteiger partial charge >= 0.3 is 11.9 Å². The van der Waals surface area contributed by atoms with Crippen molar-refractivity contribution in [2.75, 3.05) is 27.6 Å². The number of hydrogen-bond donors (Lipinski definition) is 3. The summed E-state index contributed by atoms with van der Waals surface area (Å²) < 4.78 is 21.0. The minimum atomic E-state index is -1.82. The molecule has 0 atom stereocenters. The Bertz CT molecular complexity index is 981. The van der Waals surface area contributed by atoms with E-state index in [0.29, 0.717) is 41.7 Å². The zero-order chi connectivity index (χ0) is 23.7. The maximum atomic E-state index is 11.3. The van der Waals surface area contributed by atoms with E-state index >= 15 is 0 Å². The lowest BCUT2D eigenvalue weighted by Gasteiger charge is -2.10. The van der Waals surface area contributed by atoms with E-state index in [2.05, 4.69) is 5.32 Å². The van der Waals surface area contributed by atoms with E-state index in [-0.39, 0.29) is 12.5 Å². The number of methoxy groups -OCH3 is 2. The summed E-state index contributed by atoms with van der Waals surface area (Å²) in [6.45, 7) is 1.10. The summed E-state index contributed by atoms with van der Waals surface area (Å²) in [7, 11) is 3.19. The van der Waals surface area contributed by atoms with Crippen molar-refractivity contribution in [3.8, 4) is 23.0 Å². The van der Waals surface area contributed by atoms with E-state index in [1.807, 2.05) is 18.2 Å². The molecule has 12 heteroatoms. The highest BCUT2D eigenvalue weighted by molar-refractivity contribution is 6.27. The Morgan fingerprint density at radius 2 is 1.69 bits per heavy atom. The maximum Gasteiger partial charge on any atom is 0.414 e. The predicted octanol–water partition coefficient (Wildman–Crippen LogP) is 1.83. The molecule has 3 rings (SSSR count). The van der Waals surface area contributed by atoms with Crippen molar-refractivity contribution in [3.05, 3.63) is 51.6 Å². The quantitative estimate of drug-likeness (QED) is 0.232. The van der Waals surface area contributed by atoms with Crippen molar-refractivity contribution in [2.45, 2.75) is 13.0 Å². The topological polar surface area (TPSA) is 167 Å². The molecule has 0 amide bonds. The van der Waals surface area contributed by atoms with Gasteiger partial charge in [-0.1, -0.05) is 6.07 Å². The van der Waals surface area contributed by atoms with Crippen LogP contribution in [0, 0.1) is 10.1 Å². The maximum absolute atomic E-state index is 11.3. The van der Waals surface area contributed by atoms with E-state index in [1.165, 1.54) is 6.07 Å². The van der Waals surface area contributed by atoms with E-state index in [1.54, 1.807) is 20.3 Å². The van der Waals surface area contributed by atoms with E-state index in [4.69, 9.17) is 38.7 Å². The predicted molar refractivity (Wildman–Crippen MR) is 109 cm³/mol. The molecule has 0 saturated heterocycles. The normalized spacial score (nSPS) is 11.2. The highest BCUT2D eigenvalue weighted by Gasteiger charge is 2.22. The van der Waals surface area contributed by atoms with Crippen LogP contribution in [0.2, 0.25) is 0 Å². The summed E-state index contributed by atoms with van der Waals surface area (Å²) in [5.41, 5.74) is 1.66. The van der Waals surface area contributed by atoms with E-state index in [0.717, 1.165) is 12.0 Å². The molecule has 0 saturated carbocycles. The zero-order valence-electron chi connectivity index (χ0n) is 17.3. The number of carboxylic acids is 2. The monoisotopic (exact) mass is 450 g/mol. The molecule has 1 aliphatic heterocycles. The Morgan fingerprint density at radius 3 is 2.25 bits per heavy atom. The number of nitrogens with zero attached hydrogens (tertiary/aromatic N) is 1. The Morgan fingerprint density at radius 1 is 1.06 bits per heavy atom. The number of ether oxygens (including phenoxy) is 4. The minimum absolute atomic E-state index is 0.0212. The summed E-state index contributed by atoms with van der Waals surface area (Å²) in [4.78, 5) is 29.1. The smallest absolute Gasteiger partial charge is 0.414 e. The Balaban J connectivity index is 0.000000534. The van der Waals surface area contributed by atoms with Crippen molar-refractivity contribution >= 4 is 17.6 Å². The lowest BCUT2D eigenvalue weighted by atomic mass is 10.1. The molecular formula is C20H22N2O10. The number of rotatable bonds is 8. The van der Waals surface area contributed by atoms with Crippen LogP contribution in [-0.4, -0.2) is 54.6 Å². The van der Waals surface area contributed by atoms with Crippen LogP contribution in [0.5, 0.6) is 23.0 Å². The highest BCUT2D eigenvalue weighted by Crippen LogP contribution is 2.37. The molecule has 1 aliphatic rings. The van der Waals surface area contributed by atoms with E-state index in [9.17, 15) is 10.1 Å². The molecule has 1 heterocycles. The second-order valence-electron chi connectivity index (χ2n) is 6.32. The van der Waals surface area contributed by atoms with Crippen LogP contribution in [0.4, 0.5) is 5.69 Å². The number of aliphatic carboxylic acids is 2. The standard InChI is InChI=1S/C18H20N2O6.C2H2O4/c1-23-15-4-3-12(7-16(15)24-2)5-6-19-10-13-8-17-18(26-11-25-17)9-14(13)20(21)22;3-1(4)2(5)6/h3-4,7-9,19H,5-6,10-11H2,1-2H3;(H,3,4)(H,5,6). The van der Waals surface area contributed by atoms with Gasteiger partial charge < -0.3 is 34.5 Å². The fraction of sp³-hybridized carbons (Fsp3) is 0.300. The van der Waals surface area contributed by atoms with Gasteiger partial charge in [-0.3, -0.25) is 10.1 Å². The fourth-order valence-electron chi connectivity index (χ4n) is 2.78. The average molecular weight is 450 g/mol. The van der Waals surface area contributed by atoms with Gasteiger partial charge in [0, 0.05) is 12.1 Å². The third-order valence-corrected chi connectivity index (χ3v) is 4.31. The first-order valence-electron chi connectivity index (χ1n) is 9.21. The lowest BCUT2D eigenvalue weighted by Crippen LogP contribution is -2.17. The molecule has 0 unspecified atom stereocenters. The molecule has 32 heavy (non-hydrogen) atoms. The molecular weight excluding hydrogens is 428 g/mol. The van der Waals surface area contributed by atoms with Gasteiger partial charge in [0.05, 0.1) is 25.2 Å². The summed E-state index contributed by atoms with van der Waals surface area (Å²) in [6.07, 6.45) is 0.749. The van der Waals surface area contributed by atoms with Crippen LogP contribution >= 0.6 is 0 Å². The van der Waals surface area contributed by atoms with Crippen molar-refractivity contribution in [3.63, 3.8) is 0 Å². The molecule has 2 aromatic carbocycles. The highest BCUT2D eigenvalue weighted by atomic mass is 16.7. The number of nitro groups is 1. The first-order chi connectivity index (χ1) is 15.3. The number of fused-ring (bicyclic) bond motifs is 1. The third-order valence-electron chi connectivity index (χ3n) is 4.31. The Labute approximate surface area is 182 Å². The summed E-state index contributed by atoms with van der Waals surface area (Å²) in [6, 6.07) is 8.81. The first-order valence-corrected chi connectivity index (χ1v) is 9.21. The number of hydrogen-bond acceptors (Lipinski definition) is 9. The molecule has 3 N–H and O–H groups in total. The summed E-state index contributed by atoms with van der Waals surface area (Å²) in [5.74, 6) is -1.35. The van der Waals surface area contributed by atoms with Crippen molar-refractivity contribution in [2.24, 2.45) is 0 Å². The zero-order valence-corrected chi connectivity index (χ0v) is 17.3. The van der Waals surface area contributed by atoms with Gasteiger partial charge in [-0.25, -0.2) is 9.59 Å². The van der Waals surface area contributed by atoms with Gasteiger partial charge in [-0.15, -0.1) is 0 Å². The van der Waals surface area contributed by atoms with Crippen molar-refractivity contribution in [1.29, 1.82) is 0 Å². The van der Waals surface area contributed by atoms with Crippen LogP contribution in [0.15, 0.2) is 30.3 Å². The molecule has 0 spiro atoms. The van der Waals surface area contributed by atoms with Crippen LogP contribution in [0.3, 0.4) is 0 Å². The largest absolute Gasteiger partial charge is 0.493 e. The molecule has 172 valence electrons. The van der Waals surface area contributed by atoms with Gasteiger partial charge in [0.15, 0.2) is 23.0 Å². The van der Waals surface area contributed by atoms with Gasteiger partial charge in [-0.05, 0) is 36.7 Å². The van der Waals surface area contributed by atoms with Crippen LogP contribution in [-0.2, 0) is 22.6 Å². The van der Waals surface area contributed by atoms with Crippen molar-refractivity contribution in [1.82, 2.24) is 5.32 Å². The van der Waals surface area contributed by atoms with Crippen LogP contribution in [0.25, 0.3) is 0 Å². The lowest BCUT2D eigenvalue weighted by molar-refractivity contribution is -0.385. The third kappa shape index (κ3) is 6.47. The van der Waals surface area contributed by atoms with Gasteiger partial charge in [0.2, 0.25) is 6.79 Å². The molecule has 0 fully saturated rings. The second kappa shape index (κ2) is 11.4. The second-order valence-corrected chi connectivity index (χ2v) is 6.32. The van der Waals surface area contributed by atoms with Gasteiger partial charge in [0.25, 0.3) is 5.69 Å². The SMILES string of the molecule is COc1ccc(CCNCc2cc3c(cc2[N+](=O)[O-])OCO3)cc1OC.O=C(O)C(=O)O. The van der Waals surface area contributed by atoms with Crippen molar-refractivity contribution < 1.29 is 43.7 Å². The fourth-order valence-corrected chi connectivity index (χ4v) is 2.78. The van der Waals surface area contributed by atoms with Gasteiger partial charge in [0.1, 0.15) is 0 Å². The Kier molecular flexibility index (Phi) is 8.60. The molecule has 0 aliphatic carbocycles. The number of nitrogens with one attached hydrogen (secondary N) is 1. The van der Waals surface area contributed by atoms with Gasteiger partial charge in [-0.2, -0.15) is 0 Å². The number of benzene rings is 2. The molecule has 0 radical (unpaired) electrons. The summed E-state index contributed by atoms with van der Waals surface area (Å²) in [5, 5.41) is 29.3. The molecule has 0 aromatic heterocycles. The van der Waals surface area contributed by atoms with Crippen LogP contribution in [0.1, 0.15) is 11.1 Å². The first kappa shape index (κ1) is 24.2. The minimum Gasteiger partial charge on any atom is -0.493 e. The number of carbonyl (C=O) groups is 2. The average Bonchev–Trinajstić information content (AvgIpc) is 3.23. The molecule has 0 bridgehead atoms.